The summed E-state index contributed by atoms with van der Waals surface area (Å²) in [6.45, 7) is 5.06. The van der Waals surface area contributed by atoms with E-state index in [4.69, 9.17) is 4.74 Å². The zero-order valence-corrected chi connectivity index (χ0v) is 16.7. The first-order valence-corrected chi connectivity index (χ1v) is 10.7. The van der Waals surface area contributed by atoms with Gasteiger partial charge in [-0.15, -0.1) is 0 Å². The largest absolute Gasteiger partial charge is 0.379 e. The Morgan fingerprint density at radius 1 is 1.07 bits per heavy atom. The summed E-state index contributed by atoms with van der Waals surface area (Å²) in [4.78, 5) is 12.3. The van der Waals surface area contributed by atoms with Gasteiger partial charge in [-0.3, -0.25) is 10.1 Å². The third-order valence-corrected chi connectivity index (χ3v) is 7.42. The lowest BCUT2D eigenvalue weighted by Crippen LogP contribution is -2.40. The molecule has 0 saturated carbocycles. The fourth-order valence-electron chi connectivity index (χ4n) is 2.85. The van der Waals surface area contributed by atoms with E-state index < -0.39 is 14.9 Å². The van der Waals surface area contributed by atoms with Crippen LogP contribution in [0.3, 0.4) is 0 Å². The summed E-state index contributed by atoms with van der Waals surface area (Å²) in [7, 11) is -3.78. The van der Waals surface area contributed by atoms with Crippen LogP contribution >= 0.6 is 11.8 Å². The quantitative estimate of drug-likeness (QED) is 0.556. The lowest BCUT2D eigenvalue weighted by molar-refractivity contribution is -0.388. The van der Waals surface area contributed by atoms with Crippen LogP contribution in [-0.2, 0) is 14.8 Å². The molecule has 9 heteroatoms. The molecule has 0 bridgehead atoms. The summed E-state index contributed by atoms with van der Waals surface area (Å²) in [6, 6.07) is 9.96. The molecule has 1 aliphatic rings. The molecule has 0 radical (unpaired) electrons. The minimum atomic E-state index is -3.78. The maximum Gasteiger partial charge on any atom is 0.284 e. The summed E-state index contributed by atoms with van der Waals surface area (Å²) in [5.41, 5.74) is 1.91. The van der Waals surface area contributed by atoms with Crippen molar-refractivity contribution >= 4 is 27.5 Å². The van der Waals surface area contributed by atoms with Crippen LogP contribution in [0.4, 0.5) is 5.69 Å². The van der Waals surface area contributed by atoms with Gasteiger partial charge >= 0.3 is 0 Å². The highest BCUT2D eigenvalue weighted by molar-refractivity contribution is 7.99. The summed E-state index contributed by atoms with van der Waals surface area (Å²) >= 11 is 1.26. The van der Waals surface area contributed by atoms with Crippen LogP contribution in [0.2, 0.25) is 0 Å². The number of hydrogen-bond donors (Lipinski definition) is 0. The second kappa shape index (κ2) is 7.97. The first-order valence-electron chi connectivity index (χ1n) is 8.40. The molecule has 27 heavy (non-hydrogen) atoms. The zero-order chi connectivity index (χ0) is 19.6. The van der Waals surface area contributed by atoms with Crippen molar-refractivity contribution in [1.29, 1.82) is 0 Å². The van der Waals surface area contributed by atoms with Crippen LogP contribution < -0.4 is 0 Å². The first kappa shape index (κ1) is 19.8. The molecule has 0 atom stereocenters. The normalized spacial score (nSPS) is 15.6. The van der Waals surface area contributed by atoms with Crippen molar-refractivity contribution < 1.29 is 18.1 Å². The molecule has 144 valence electrons. The average molecular weight is 409 g/mol. The van der Waals surface area contributed by atoms with Gasteiger partial charge in [-0.1, -0.05) is 29.5 Å². The van der Waals surface area contributed by atoms with Crippen molar-refractivity contribution in [1.82, 2.24) is 4.31 Å². The number of nitrogens with zero attached hydrogens (tertiary/aromatic N) is 2. The van der Waals surface area contributed by atoms with Gasteiger partial charge in [0.2, 0.25) is 10.0 Å². The predicted octanol–water partition coefficient (Wildman–Crippen LogP) is 3.38. The second-order valence-electron chi connectivity index (χ2n) is 6.27. The number of benzene rings is 2. The standard InChI is InChI=1S/C18H20N2O5S2/c1-13-3-5-17(14(2)11-13)26-18-6-4-15(12-16(18)20(21)22)27(23,24)19-7-9-25-10-8-19/h3-6,11-12H,7-10H2,1-2H3. The lowest BCUT2D eigenvalue weighted by atomic mass is 10.2. The highest BCUT2D eigenvalue weighted by Gasteiger charge is 2.29. The second-order valence-corrected chi connectivity index (χ2v) is 9.30. The van der Waals surface area contributed by atoms with E-state index in [9.17, 15) is 18.5 Å². The number of morpholine rings is 1. The molecule has 1 heterocycles. The Morgan fingerprint density at radius 2 is 1.74 bits per heavy atom. The van der Waals surface area contributed by atoms with E-state index in [0.29, 0.717) is 18.1 Å². The van der Waals surface area contributed by atoms with Gasteiger partial charge in [0.25, 0.3) is 5.69 Å². The van der Waals surface area contributed by atoms with Crippen LogP contribution in [-0.4, -0.2) is 43.9 Å². The van der Waals surface area contributed by atoms with Gasteiger partial charge in [0.15, 0.2) is 0 Å². The minimum absolute atomic E-state index is 0.0684. The number of sulfonamides is 1. The van der Waals surface area contributed by atoms with Crippen molar-refractivity contribution in [3.05, 3.63) is 57.6 Å². The summed E-state index contributed by atoms with van der Waals surface area (Å²) < 4.78 is 32.0. The molecule has 0 aliphatic carbocycles. The topological polar surface area (TPSA) is 89.8 Å². The molecule has 3 rings (SSSR count). The molecule has 0 amide bonds. The molecule has 1 aliphatic heterocycles. The summed E-state index contributed by atoms with van der Waals surface area (Å²) in [6.07, 6.45) is 0. The maximum atomic E-state index is 12.8. The minimum Gasteiger partial charge on any atom is -0.379 e. The molecule has 2 aromatic rings. The monoisotopic (exact) mass is 408 g/mol. The van der Waals surface area contributed by atoms with Gasteiger partial charge in [-0.2, -0.15) is 4.31 Å². The van der Waals surface area contributed by atoms with Crippen LogP contribution in [0.25, 0.3) is 0 Å². The Morgan fingerprint density at radius 3 is 2.37 bits per heavy atom. The van der Waals surface area contributed by atoms with Crippen molar-refractivity contribution in [3.63, 3.8) is 0 Å². The van der Waals surface area contributed by atoms with Crippen LogP contribution in [0.5, 0.6) is 0 Å². The SMILES string of the molecule is Cc1ccc(Sc2ccc(S(=O)(=O)N3CCOCC3)cc2[N+](=O)[O-])c(C)c1. The first-order chi connectivity index (χ1) is 12.8. The van der Waals surface area contributed by atoms with E-state index in [1.807, 2.05) is 32.0 Å². The Labute approximate surface area is 162 Å². The number of nitro benzene ring substituents is 1. The van der Waals surface area contributed by atoms with E-state index >= 15 is 0 Å². The molecular formula is C18H20N2O5S2. The molecule has 0 N–H and O–H groups in total. The Hall–Kier alpha value is -1.94. The molecule has 0 unspecified atom stereocenters. The Balaban J connectivity index is 1.96. The number of rotatable bonds is 5. The number of ether oxygens (including phenoxy) is 1. The Kier molecular flexibility index (Phi) is 5.85. The van der Waals surface area contributed by atoms with E-state index in [1.54, 1.807) is 0 Å². The van der Waals surface area contributed by atoms with E-state index in [2.05, 4.69) is 0 Å². The fourth-order valence-corrected chi connectivity index (χ4v) is 5.25. The van der Waals surface area contributed by atoms with Crippen molar-refractivity contribution in [2.24, 2.45) is 0 Å². The van der Waals surface area contributed by atoms with Crippen molar-refractivity contribution in [2.75, 3.05) is 26.3 Å². The fraction of sp³-hybridized carbons (Fsp3) is 0.333. The molecule has 0 spiro atoms. The summed E-state index contributed by atoms with van der Waals surface area (Å²) in [5.74, 6) is 0. The molecule has 1 saturated heterocycles. The highest BCUT2D eigenvalue weighted by Crippen LogP contribution is 2.38. The van der Waals surface area contributed by atoms with Crippen LogP contribution in [0, 0.1) is 24.0 Å². The number of nitro groups is 1. The van der Waals surface area contributed by atoms with Gasteiger partial charge in [-0.05, 0) is 37.6 Å². The predicted molar refractivity (Wildman–Crippen MR) is 103 cm³/mol. The smallest absolute Gasteiger partial charge is 0.284 e. The van der Waals surface area contributed by atoms with E-state index in [1.165, 1.54) is 28.2 Å². The van der Waals surface area contributed by atoms with Gasteiger partial charge in [0, 0.05) is 24.1 Å². The molecule has 2 aromatic carbocycles. The van der Waals surface area contributed by atoms with Gasteiger partial charge in [0.1, 0.15) is 0 Å². The van der Waals surface area contributed by atoms with Crippen LogP contribution in [0.15, 0.2) is 51.1 Å². The molecular weight excluding hydrogens is 388 g/mol. The van der Waals surface area contributed by atoms with Gasteiger partial charge in [-0.25, -0.2) is 8.42 Å². The van der Waals surface area contributed by atoms with E-state index in [-0.39, 0.29) is 23.7 Å². The van der Waals surface area contributed by atoms with Gasteiger partial charge in [0.05, 0.1) is 27.9 Å². The molecule has 7 nitrogen and oxygen atoms in total. The third-order valence-electron chi connectivity index (χ3n) is 4.29. The number of hydrogen-bond acceptors (Lipinski definition) is 6. The third kappa shape index (κ3) is 4.32. The average Bonchev–Trinajstić information content (AvgIpc) is 2.64. The van der Waals surface area contributed by atoms with E-state index in [0.717, 1.165) is 22.1 Å². The van der Waals surface area contributed by atoms with Crippen LogP contribution in [0.1, 0.15) is 11.1 Å². The van der Waals surface area contributed by atoms with Crippen molar-refractivity contribution in [3.8, 4) is 0 Å². The summed E-state index contributed by atoms with van der Waals surface area (Å²) in [5, 5.41) is 11.6. The number of aryl methyl sites for hydroxylation is 2. The lowest BCUT2D eigenvalue weighted by Gasteiger charge is -2.26. The van der Waals surface area contributed by atoms with Crippen molar-refractivity contribution in [2.45, 2.75) is 28.5 Å². The van der Waals surface area contributed by atoms with Gasteiger partial charge < -0.3 is 4.74 Å². The highest BCUT2D eigenvalue weighted by atomic mass is 32.2. The Bertz CT molecular complexity index is 970. The molecule has 1 fully saturated rings. The zero-order valence-electron chi connectivity index (χ0n) is 15.0. The molecule has 0 aromatic heterocycles. The maximum absolute atomic E-state index is 12.8.